The van der Waals surface area contributed by atoms with Gasteiger partial charge in [-0.05, 0) is 13.3 Å². The first-order valence-electron chi connectivity index (χ1n) is 8.12. The molecule has 0 saturated carbocycles. The van der Waals surface area contributed by atoms with Crippen molar-refractivity contribution in [1.29, 1.82) is 0 Å². The van der Waals surface area contributed by atoms with Crippen LogP contribution in [0.2, 0.25) is 0 Å². The van der Waals surface area contributed by atoms with Gasteiger partial charge in [0.2, 0.25) is 0 Å². The maximum atomic E-state index is 9.54. The number of aliphatic hydroxyl groups excluding tert-OH is 1. The number of aliphatic hydroxyl groups is 1. The number of rotatable bonds is 13. The Labute approximate surface area is 114 Å². The van der Waals surface area contributed by atoms with E-state index in [-0.39, 0.29) is 12.1 Å². The van der Waals surface area contributed by atoms with Gasteiger partial charge in [0.1, 0.15) is 0 Å². The zero-order valence-electron chi connectivity index (χ0n) is 12.7. The minimum Gasteiger partial charge on any atom is -0.392 e. The molecule has 0 bridgehead atoms. The molecule has 0 radical (unpaired) electrons. The molecule has 2 heteroatoms. The predicted molar refractivity (Wildman–Crippen MR) is 80.7 cm³/mol. The zero-order valence-corrected chi connectivity index (χ0v) is 12.7. The van der Waals surface area contributed by atoms with Crippen molar-refractivity contribution in [3.05, 3.63) is 0 Å². The van der Waals surface area contributed by atoms with Crippen LogP contribution >= 0.6 is 0 Å². The Morgan fingerprint density at radius 1 is 0.778 bits per heavy atom. The van der Waals surface area contributed by atoms with Crippen LogP contribution < -0.4 is 5.73 Å². The van der Waals surface area contributed by atoms with E-state index in [1.165, 1.54) is 64.2 Å². The minimum absolute atomic E-state index is 0.0758. The molecule has 110 valence electrons. The van der Waals surface area contributed by atoms with E-state index in [0.29, 0.717) is 0 Å². The molecule has 0 heterocycles. The molecular weight excluding hydrogens is 222 g/mol. The van der Waals surface area contributed by atoms with Crippen LogP contribution in [0.15, 0.2) is 0 Å². The molecule has 0 aromatic carbocycles. The molecule has 0 spiro atoms. The smallest absolute Gasteiger partial charge is 0.0688 e. The van der Waals surface area contributed by atoms with Gasteiger partial charge in [0.05, 0.1) is 6.10 Å². The van der Waals surface area contributed by atoms with Crippen molar-refractivity contribution in [2.45, 2.75) is 103 Å². The predicted octanol–water partition coefficient (Wildman–Crippen LogP) is 4.40. The van der Waals surface area contributed by atoms with Gasteiger partial charge in [-0.1, -0.05) is 77.6 Å². The van der Waals surface area contributed by atoms with Crippen LogP contribution in [0.4, 0.5) is 0 Å². The molecule has 2 nitrogen and oxygen atoms in total. The van der Waals surface area contributed by atoms with Crippen molar-refractivity contribution in [2.75, 3.05) is 0 Å². The topological polar surface area (TPSA) is 46.2 Å². The van der Waals surface area contributed by atoms with Crippen molar-refractivity contribution in [2.24, 2.45) is 5.73 Å². The van der Waals surface area contributed by atoms with E-state index < -0.39 is 0 Å². The Hall–Kier alpha value is -0.0800. The summed E-state index contributed by atoms with van der Waals surface area (Å²) < 4.78 is 0. The standard InChI is InChI=1S/C16H35NO/c1-3-4-5-6-7-8-9-10-11-12-13-14-16(18)15(2)17/h15-16,18H,3-14,17H2,1-2H3/t15-,16+/m0/s1. The van der Waals surface area contributed by atoms with Gasteiger partial charge >= 0.3 is 0 Å². The van der Waals surface area contributed by atoms with Gasteiger partial charge in [-0.15, -0.1) is 0 Å². The fourth-order valence-corrected chi connectivity index (χ4v) is 2.28. The molecule has 18 heavy (non-hydrogen) atoms. The molecule has 0 unspecified atom stereocenters. The fraction of sp³-hybridized carbons (Fsp3) is 1.00. The van der Waals surface area contributed by atoms with Crippen molar-refractivity contribution in [1.82, 2.24) is 0 Å². The third-order valence-corrected chi connectivity index (χ3v) is 3.71. The van der Waals surface area contributed by atoms with Crippen LogP contribution in [0.3, 0.4) is 0 Å². The highest BCUT2D eigenvalue weighted by Gasteiger charge is 2.07. The van der Waals surface area contributed by atoms with E-state index in [9.17, 15) is 5.11 Å². The maximum absolute atomic E-state index is 9.54. The second-order valence-electron chi connectivity index (χ2n) is 5.75. The zero-order chi connectivity index (χ0) is 13.6. The second-order valence-corrected chi connectivity index (χ2v) is 5.75. The summed E-state index contributed by atoms with van der Waals surface area (Å²) in [5, 5.41) is 9.54. The van der Waals surface area contributed by atoms with E-state index >= 15 is 0 Å². The lowest BCUT2D eigenvalue weighted by Gasteiger charge is -2.13. The minimum atomic E-state index is -0.302. The summed E-state index contributed by atoms with van der Waals surface area (Å²) in [4.78, 5) is 0. The molecule has 0 fully saturated rings. The van der Waals surface area contributed by atoms with E-state index in [1.807, 2.05) is 6.92 Å². The molecule has 0 saturated heterocycles. The van der Waals surface area contributed by atoms with E-state index in [2.05, 4.69) is 6.92 Å². The summed E-state index contributed by atoms with van der Waals surface area (Å²) in [6.45, 7) is 4.14. The first-order valence-corrected chi connectivity index (χ1v) is 8.12. The van der Waals surface area contributed by atoms with Gasteiger partial charge in [0.15, 0.2) is 0 Å². The van der Waals surface area contributed by atoms with Gasteiger partial charge in [0, 0.05) is 6.04 Å². The third kappa shape index (κ3) is 12.4. The average molecular weight is 257 g/mol. The van der Waals surface area contributed by atoms with Crippen molar-refractivity contribution in [3.63, 3.8) is 0 Å². The van der Waals surface area contributed by atoms with Crippen LogP contribution in [-0.4, -0.2) is 17.3 Å². The molecule has 0 aliphatic carbocycles. The number of nitrogens with two attached hydrogens (primary N) is 1. The number of hydrogen-bond donors (Lipinski definition) is 2. The Morgan fingerprint density at radius 3 is 1.56 bits per heavy atom. The van der Waals surface area contributed by atoms with E-state index in [4.69, 9.17) is 5.73 Å². The first-order chi connectivity index (χ1) is 8.68. The molecule has 2 atom stereocenters. The molecular formula is C16H35NO. The molecule has 0 aromatic rings. The highest BCUT2D eigenvalue weighted by Crippen LogP contribution is 2.12. The number of unbranched alkanes of at least 4 members (excludes halogenated alkanes) is 10. The Balaban J connectivity index is 3.03. The third-order valence-electron chi connectivity index (χ3n) is 3.71. The summed E-state index contributed by atoms with van der Waals surface area (Å²) in [6.07, 6.45) is 15.4. The van der Waals surface area contributed by atoms with Gasteiger partial charge in [-0.3, -0.25) is 0 Å². The van der Waals surface area contributed by atoms with Crippen LogP contribution in [-0.2, 0) is 0 Å². The first kappa shape index (κ1) is 17.9. The summed E-state index contributed by atoms with van der Waals surface area (Å²) in [5.74, 6) is 0. The van der Waals surface area contributed by atoms with Crippen LogP contribution in [0, 0.1) is 0 Å². The van der Waals surface area contributed by atoms with Crippen molar-refractivity contribution in [3.8, 4) is 0 Å². The summed E-state index contributed by atoms with van der Waals surface area (Å²) in [6, 6.07) is -0.0758. The molecule has 0 amide bonds. The Morgan fingerprint density at radius 2 is 1.17 bits per heavy atom. The number of hydrogen-bond acceptors (Lipinski definition) is 2. The van der Waals surface area contributed by atoms with Gasteiger partial charge in [-0.2, -0.15) is 0 Å². The van der Waals surface area contributed by atoms with Crippen molar-refractivity contribution < 1.29 is 5.11 Å². The summed E-state index contributed by atoms with van der Waals surface area (Å²) in [5.41, 5.74) is 5.62. The van der Waals surface area contributed by atoms with Crippen LogP contribution in [0.25, 0.3) is 0 Å². The highest BCUT2D eigenvalue weighted by atomic mass is 16.3. The Kier molecular flexibility index (Phi) is 13.3. The quantitative estimate of drug-likeness (QED) is 0.480. The highest BCUT2D eigenvalue weighted by molar-refractivity contribution is 4.65. The van der Waals surface area contributed by atoms with E-state index in [1.54, 1.807) is 0 Å². The van der Waals surface area contributed by atoms with Crippen LogP contribution in [0.1, 0.15) is 90.9 Å². The summed E-state index contributed by atoms with van der Waals surface area (Å²) in [7, 11) is 0. The SMILES string of the molecule is CCCCCCCCCCCCC[C@@H](O)[C@H](C)N. The van der Waals surface area contributed by atoms with Gasteiger partial charge in [0.25, 0.3) is 0 Å². The van der Waals surface area contributed by atoms with Crippen LogP contribution in [0.5, 0.6) is 0 Å². The lowest BCUT2D eigenvalue weighted by atomic mass is 10.0. The van der Waals surface area contributed by atoms with Gasteiger partial charge in [-0.25, -0.2) is 0 Å². The maximum Gasteiger partial charge on any atom is 0.0688 e. The van der Waals surface area contributed by atoms with Crippen molar-refractivity contribution >= 4 is 0 Å². The fourth-order valence-electron chi connectivity index (χ4n) is 2.28. The lowest BCUT2D eigenvalue weighted by Crippen LogP contribution is -2.31. The Bertz CT molecular complexity index is 159. The molecule has 0 aliphatic heterocycles. The molecule has 0 rings (SSSR count). The lowest BCUT2D eigenvalue weighted by molar-refractivity contribution is 0.138. The monoisotopic (exact) mass is 257 g/mol. The van der Waals surface area contributed by atoms with E-state index in [0.717, 1.165) is 12.8 Å². The largest absolute Gasteiger partial charge is 0.392 e. The average Bonchev–Trinajstić information content (AvgIpc) is 2.35. The van der Waals surface area contributed by atoms with Gasteiger partial charge < -0.3 is 10.8 Å². The molecule has 3 N–H and O–H groups in total. The normalized spacial score (nSPS) is 14.7. The molecule has 0 aliphatic rings. The summed E-state index contributed by atoms with van der Waals surface area (Å²) >= 11 is 0. The molecule has 0 aromatic heterocycles. The second kappa shape index (κ2) is 13.4.